The van der Waals surface area contributed by atoms with Gasteiger partial charge in [-0.1, -0.05) is 40.2 Å². The largest absolute Gasteiger partial charge is 0.506 e. The Morgan fingerprint density at radius 2 is 1.90 bits per heavy atom. The number of anilines is 1. The van der Waals surface area contributed by atoms with Crippen LogP contribution in [-0.2, 0) is 10.2 Å². The monoisotopic (exact) mass is 278 g/mol. The summed E-state index contributed by atoms with van der Waals surface area (Å²) in [5.74, 6) is -0.223. The molecule has 0 aliphatic rings. The van der Waals surface area contributed by atoms with Crippen LogP contribution in [0.5, 0.6) is 5.75 Å². The van der Waals surface area contributed by atoms with Crippen molar-refractivity contribution in [3.8, 4) is 5.75 Å². The van der Waals surface area contributed by atoms with Gasteiger partial charge in [0.05, 0.1) is 11.2 Å². The Hall–Kier alpha value is -1.55. The van der Waals surface area contributed by atoms with Gasteiger partial charge < -0.3 is 16.2 Å². The summed E-state index contributed by atoms with van der Waals surface area (Å²) in [5.41, 5.74) is 6.47. The molecular weight excluding hydrogens is 252 g/mol. The van der Waals surface area contributed by atoms with Crippen molar-refractivity contribution in [2.24, 2.45) is 5.73 Å². The molecule has 1 rings (SSSR count). The molecule has 0 heterocycles. The highest BCUT2D eigenvalue weighted by molar-refractivity contribution is 5.98. The number of aromatic hydroxyl groups is 1. The standard InChI is InChI=1S/C16H26N2O2/c1-6-9-16(5,17)14(20)18-12-10-11(15(2,3)4)7-8-13(12)19/h7-8,10,19H,6,9,17H2,1-5H3,(H,18,20). The molecule has 1 amide bonds. The van der Waals surface area contributed by atoms with Gasteiger partial charge in [0, 0.05) is 0 Å². The second-order valence-electron chi connectivity index (χ2n) is 6.60. The number of amides is 1. The minimum atomic E-state index is -0.932. The maximum absolute atomic E-state index is 12.2. The molecule has 0 bridgehead atoms. The molecule has 0 saturated heterocycles. The Kier molecular flexibility index (Phi) is 4.81. The second-order valence-corrected chi connectivity index (χ2v) is 6.60. The van der Waals surface area contributed by atoms with Crippen LogP contribution in [0.15, 0.2) is 18.2 Å². The van der Waals surface area contributed by atoms with Gasteiger partial charge in [-0.15, -0.1) is 0 Å². The van der Waals surface area contributed by atoms with Gasteiger partial charge in [0.1, 0.15) is 5.75 Å². The first kappa shape index (κ1) is 16.5. The first-order valence-corrected chi connectivity index (χ1v) is 7.02. The second kappa shape index (κ2) is 5.83. The lowest BCUT2D eigenvalue weighted by Gasteiger charge is -2.24. The van der Waals surface area contributed by atoms with Crippen LogP contribution in [-0.4, -0.2) is 16.6 Å². The van der Waals surface area contributed by atoms with E-state index in [1.807, 2.05) is 13.0 Å². The first-order valence-electron chi connectivity index (χ1n) is 7.02. The minimum absolute atomic E-state index is 0.0530. The van der Waals surface area contributed by atoms with Crippen molar-refractivity contribution in [2.75, 3.05) is 5.32 Å². The zero-order valence-corrected chi connectivity index (χ0v) is 13.1. The number of benzene rings is 1. The fourth-order valence-corrected chi connectivity index (χ4v) is 2.00. The Balaban J connectivity index is 3.01. The van der Waals surface area contributed by atoms with E-state index in [9.17, 15) is 9.90 Å². The fourth-order valence-electron chi connectivity index (χ4n) is 2.00. The third-order valence-corrected chi connectivity index (χ3v) is 3.40. The molecule has 4 N–H and O–H groups in total. The number of rotatable bonds is 4. The summed E-state index contributed by atoms with van der Waals surface area (Å²) < 4.78 is 0. The molecule has 0 spiro atoms. The molecule has 0 aromatic heterocycles. The van der Waals surface area contributed by atoms with Gasteiger partial charge in [0.2, 0.25) is 5.91 Å². The quantitative estimate of drug-likeness (QED) is 0.741. The molecule has 1 atom stereocenters. The molecule has 0 aliphatic carbocycles. The number of carbonyl (C=O) groups excluding carboxylic acids is 1. The van der Waals surface area contributed by atoms with Crippen LogP contribution in [0.25, 0.3) is 0 Å². The van der Waals surface area contributed by atoms with Gasteiger partial charge in [-0.05, 0) is 36.5 Å². The van der Waals surface area contributed by atoms with E-state index in [0.29, 0.717) is 12.1 Å². The lowest BCUT2D eigenvalue weighted by Crippen LogP contribution is -2.48. The molecule has 0 radical (unpaired) electrons. The third kappa shape index (κ3) is 3.97. The van der Waals surface area contributed by atoms with E-state index in [2.05, 4.69) is 26.1 Å². The molecule has 0 saturated carbocycles. The van der Waals surface area contributed by atoms with Crippen molar-refractivity contribution in [1.29, 1.82) is 0 Å². The predicted molar refractivity (Wildman–Crippen MR) is 82.9 cm³/mol. The van der Waals surface area contributed by atoms with E-state index in [1.165, 1.54) is 0 Å². The molecule has 4 nitrogen and oxygen atoms in total. The lowest BCUT2D eigenvalue weighted by molar-refractivity contribution is -0.120. The highest BCUT2D eigenvalue weighted by atomic mass is 16.3. The van der Waals surface area contributed by atoms with E-state index in [-0.39, 0.29) is 17.1 Å². The van der Waals surface area contributed by atoms with Gasteiger partial charge in [0.25, 0.3) is 0 Å². The molecule has 0 aliphatic heterocycles. The molecule has 20 heavy (non-hydrogen) atoms. The maximum atomic E-state index is 12.2. The van der Waals surface area contributed by atoms with Crippen LogP contribution in [0.3, 0.4) is 0 Å². The number of hydrogen-bond donors (Lipinski definition) is 3. The van der Waals surface area contributed by atoms with Crippen molar-refractivity contribution in [3.05, 3.63) is 23.8 Å². The first-order chi connectivity index (χ1) is 9.08. The lowest BCUT2D eigenvalue weighted by atomic mass is 9.86. The highest BCUT2D eigenvalue weighted by Gasteiger charge is 2.28. The molecule has 1 aromatic carbocycles. The average molecular weight is 278 g/mol. The van der Waals surface area contributed by atoms with Crippen molar-refractivity contribution in [2.45, 2.75) is 58.4 Å². The van der Waals surface area contributed by atoms with Crippen molar-refractivity contribution >= 4 is 11.6 Å². The fraction of sp³-hybridized carbons (Fsp3) is 0.562. The number of hydrogen-bond acceptors (Lipinski definition) is 3. The van der Waals surface area contributed by atoms with Crippen LogP contribution < -0.4 is 11.1 Å². The summed E-state index contributed by atoms with van der Waals surface area (Å²) in [6.45, 7) is 9.92. The van der Waals surface area contributed by atoms with E-state index in [4.69, 9.17) is 5.73 Å². The van der Waals surface area contributed by atoms with Crippen LogP contribution in [0.2, 0.25) is 0 Å². The number of carbonyl (C=O) groups is 1. The summed E-state index contributed by atoms with van der Waals surface area (Å²) >= 11 is 0. The van der Waals surface area contributed by atoms with Crippen LogP contribution in [0, 0.1) is 0 Å². The Morgan fingerprint density at radius 3 is 2.40 bits per heavy atom. The van der Waals surface area contributed by atoms with E-state index < -0.39 is 5.54 Å². The van der Waals surface area contributed by atoms with Crippen molar-refractivity contribution in [3.63, 3.8) is 0 Å². The predicted octanol–water partition coefficient (Wildman–Crippen LogP) is 3.15. The number of phenols is 1. The smallest absolute Gasteiger partial charge is 0.244 e. The number of nitrogens with two attached hydrogens (primary N) is 1. The van der Waals surface area contributed by atoms with Gasteiger partial charge in [-0.2, -0.15) is 0 Å². The molecule has 112 valence electrons. The SMILES string of the molecule is CCCC(C)(N)C(=O)Nc1cc(C(C)(C)C)ccc1O. The van der Waals surface area contributed by atoms with E-state index >= 15 is 0 Å². The van der Waals surface area contributed by atoms with Gasteiger partial charge in [-0.3, -0.25) is 4.79 Å². The van der Waals surface area contributed by atoms with Crippen LogP contribution in [0.1, 0.15) is 53.0 Å². The molecule has 4 heteroatoms. The molecule has 0 fully saturated rings. The normalized spacial score (nSPS) is 14.7. The van der Waals surface area contributed by atoms with Gasteiger partial charge in [0.15, 0.2) is 0 Å². The van der Waals surface area contributed by atoms with Gasteiger partial charge in [-0.25, -0.2) is 0 Å². The Labute approximate surface area is 121 Å². The van der Waals surface area contributed by atoms with Crippen molar-refractivity contribution < 1.29 is 9.90 Å². The topological polar surface area (TPSA) is 75.4 Å². The molecular formula is C16H26N2O2. The zero-order chi connectivity index (χ0) is 15.6. The summed E-state index contributed by atoms with van der Waals surface area (Å²) in [5, 5.41) is 12.6. The summed E-state index contributed by atoms with van der Waals surface area (Å²) in [6.07, 6.45) is 1.42. The Bertz CT molecular complexity index is 488. The number of phenolic OH excluding ortho intramolecular Hbond substituents is 1. The van der Waals surface area contributed by atoms with E-state index in [1.54, 1.807) is 19.1 Å². The van der Waals surface area contributed by atoms with Crippen LogP contribution >= 0.6 is 0 Å². The zero-order valence-electron chi connectivity index (χ0n) is 13.1. The number of nitrogens with one attached hydrogen (secondary N) is 1. The van der Waals surface area contributed by atoms with E-state index in [0.717, 1.165) is 12.0 Å². The minimum Gasteiger partial charge on any atom is -0.506 e. The third-order valence-electron chi connectivity index (χ3n) is 3.40. The maximum Gasteiger partial charge on any atom is 0.244 e. The van der Waals surface area contributed by atoms with Crippen molar-refractivity contribution in [1.82, 2.24) is 0 Å². The summed E-state index contributed by atoms with van der Waals surface area (Å²) in [6, 6.07) is 5.26. The average Bonchev–Trinajstić information content (AvgIpc) is 2.30. The van der Waals surface area contributed by atoms with Gasteiger partial charge >= 0.3 is 0 Å². The van der Waals surface area contributed by atoms with Crippen LogP contribution in [0.4, 0.5) is 5.69 Å². The molecule has 1 aromatic rings. The summed E-state index contributed by atoms with van der Waals surface area (Å²) in [4.78, 5) is 12.2. The molecule has 1 unspecified atom stereocenters. The summed E-state index contributed by atoms with van der Waals surface area (Å²) in [7, 11) is 0. The highest BCUT2D eigenvalue weighted by Crippen LogP contribution is 2.31. The Morgan fingerprint density at radius 1 is 1.30 bits per heavy atom.